The number of phenolic OH excluding ortho intramolecular Hbond substituents is 1. The molecule has 3 rings (SSSR count). The zero-order valence-corrected chi connectivity index (χ0v) is 24.6. The van der Waals surface area contributed by atoms with E-state index in [4.69, 9.17) is 4.74 Å². The van der Waals surface area contributed by atoms with E-state index in [2.05, 4.69) is 26.7 Å². The summed E-state index contributed by atoms with van der Waals surface area (Å²) in [5.41, 5.74) is -2.33. The zero-order chi connectivity index (χ0) is 29.7. The van der Waals surface area contributed by atoms with Crippen LogP contribution in [0.5, 0.6) is 5.75 Å². The number of amides is 1. The quantitative estimate of drug-likeness (QED) is 0.0967. The van der Waals surface area contributed by atoms with Crippen LogP contribution in [0.1, 0.15) is 39.0 Å². The van der Waals surface area contributed by atoms with Crippen molar-refractivity contribution in [3.8, 4) is 5.75 Å². The van der Waals surface area contributed by atoms with Crippen molar-refractivity contribution in [1.82, 2.24) is 15.1 Å². The Bertz CT molecular complexity index is 1060. The number of ether oxygens (including phenoxy) is 1. The summed E-state index contributed by atoms with van der Waals surface area (Å²) < 4.78 is 45.5. The summed E-state index contributed by atoms with van der Waals surface area (Å²) in [6, 6.07) is 3.94. The van der Waals surface area contributed by atoms with Crippen molar-refractivity contribution >= 4 is 29.8 Å². The third-order valence-corrected chi connectivity index (χ3v) is 7.98. The number of alkyl halides is 3. The van der Waals surface area contributed by atoms with Crippen LogP contribution in [0.25, 0.3) is 0 Å². The number of likely N-dealkylation sites (N-methyl/N-ethyl adjacent to an activating group) is 1. The van der Waals surface area contributed by atoms with E-state index in [0.29, 0.717) is 44.9 Å². The van der Waals surface area contributed by atoms with E-state index in [0.717, 1.165) is 43.9 Å². The van der Waals surface area contributed by atoms with E-state index >= 15 is 0 Å². The lowest BCUT2D eigenvalue weighted by atomic mass is 10.0. The minimum absolute atomic E-state index is 0.0317. The van der Waals surface area contributed by atoms with Crippen LogP contribution in [-0.2, 0) is 9.53 Å². The fourth-order valence-corrected chi connectivity index (χ4v) is 5.67. The molecule has 0 atom stereocenters. The molecule has 1 saturated heterocycles. The number of nitrogens with one attached hydrogen (secondary N) is 1. The molecule has 0 unspecified atom stereocenters. The highest BCUT2D eigenvalue weighted by molar-refractivity contribution is 8.00. The van der Waals surface area contributed by atoms with Crippen LogP contribution in [0, 0.1) is 0 Å². The normalized spacial score (nSPS) is 17.0. The molecule has 1 aromatic rings. The molecule has 2 N–H and O–H groups in total. The first-order valence-corrected chi connectivity index (χ1v) is 15.0. The van der Waals surface area contributed by atoms with Crippen LogP contribution >= 0.6 is 11.8 Å². The SMILES string of the molecule is C=CC(=O)NCCN(CC)CC1=C(N=COCCCN2CCCCC2)CN(c2cc(O)ccc2SC(F)(F)F)CC1. The number of phenols is 1. The molecule has 41 heavy (non-hydrogen) atoms. The number of nitrogens with zero attached hydrogens (tertiary/aromatic N) is 4. The average molecular weight is 598 g/mol. The maximum atomic E-state index is 13.3. The molecule has 2 aliphatic rings. The van der Waals surface area contributed by atoms with E-state index < -0.39 is 5.51 Å². The van der Waals surface area contributed by atoms with Gasteiger partial charge in [-0.15, -0.1) is 0 Å². The molecule has 228 valence electrons. The van der Waals surface area contributed by atoms with E-state index in [-0.39, 0.29) is 34.9 Å². The lowest BCUT2D eigenvalue weighted by Gasteiger charge is -2.34. The van der Waals surface area contributed by atoms with Gasteiger partial charge in [0.25, 0.3) is 0 Å². The number of rotatable bonds is 15. The largest absolute Gasteiger partial charge is 0.508 e. The number of hydrogen-bond acceptors (Lipinski definition) is 8. The standard InChI is InChI=1S/C29H42F3N5O3S/c1-3-28(39)33-12-17-35(4-2)20-23-11-16-37(26-19-24(38)9-10-27(26)41-29(30,31)32)21-25(23)34-22-40-18-8-15-36-13-6-5-7-14-36/h3,9-10,19,22,38H,1,4-8,11-18,20-21H2,2H3,(H,33,39). The topological polar surface area (TPSA) is 80.6 Å². The lowest BCUT2D eigenvalue weighted by Crippen LogP contribution is -2.38. The smallest absolute Gasteiger partial charge is 0.446 e. The fourth-order valence-electron chi connectivity index (χ4n) is 4.99. The molecule has 1 fully saturated rings. The number of likely N-dealkylation sites (tertiary alicyclic amines) is 1. The van der Waals surface area contributed by atoms with Gasteiger partial charge in [-0.3, -0.25) is 9.69 Å². The van der Waals surface area contributed by atoms with Gasteiger partial charge in [0.1, 0.15) is 5.75 Å². The Morgan fingerprint density at radius 3 is 2.76 bits per heavy atom. The van der Waals surface area contributed by atoms with Gasteiger partial charge in [-0.2, -0.15) is 13.2 Å². The highest BCUT2D eigenvalue weighted by Crippen LogP contribution is 2.43. The van der Waals surface area contributed by atoms with Crippen LogP contribution < -0.4 is 10.2 Å². The van der Waals surface area contributed by atoms with Gasteiger partial charge in [0.15, 0.2) is 6.40 Å². The van der Waals surface area contributed by atoms with Crippen molar-refractivity contribution < 1.29 is 27.8 Å². The predicted octanol–water partition coefficient (Wildman–Crippen LogP) is 5.01. The first-order valence-electron chi connectivity index (χ1n) is 14.2. The summed E-state index contributed by atoms with van der Waals surface area (Å²) in [4.78, 5) is 22.7. The van der Waals surface area contributed by atoms with Crippen molar-refractivity contribution in [3.63, 3.8) is 0 Å². The Kier molecular flexibility index (Phi) is 13.3. The van der Waals surface area contributed by atoms with E-state index in [9.17, 15) is 23.1 Å². The van der Waals surface area contributed by atoms with Gasteiger partial charge in [0, 0.05) is 43.7 Å². The lowest BCUT2D eigenvalue weighted by molar-refractivity contribution is -0.116. The number of aliphatic imine (C=N–C) groups is 1. The summed E-state index contributed by atoms with van der Waals surface area (Å²) in [7, 11) is 0. The summed E-state index contributed by atoms with van der Waals surface area (Å²) in [6.07, 6.45) is 7.95. The fraction of sp³-hybridized carbons (Fsp3) is 0.586. The van der Waals surface area contributed by atoms with Crippen LogP contribution in [0.4, 0.5) is 18.9 Å². The van der Waals surface area contributed by atoms with Gasteiger partial charge in [0.05, 0.1) is 24.5 Å². The minimum Gasteiger partial charge on any atom is -0.508 e. The molecule has 8 nitrogen and oxygen atoms in total. The summed E-state index contributed by atoms with van der Waals surface area (Å²) in [6.45, 7) is 12.5. The molecule has 0 aliphatic carbocycles. The number of carbonyl (C=O) groups excluding carboxylic acids is 1. The number of piperidine rings is 1. The Hall–Kier alpha value is -2.70. The molecule has 2 heterocycles. The Morgan fingerprint density at radius 1 is 1.27 bits per heavy atom. The molecular weight excluding hydrogens is 555 g/mol. The maximum absolute atomic E-state index is 13.3. The van der Waals surface area contributed by atoms with Crippen LogP contribution in [-0.4, -0.2) is 98.2 Å². The highest BCUT2D eigenvalue weighted by atomic mass is 32.2. The molecule has 1 aromatic carbocycles. The van der Waals surface area contributed by atoms with Crippen LogP contribution in [0.2, 0.25) is 0 Å². The van der Waals surface area contributed by atoms with Gasteiger partial charge in [-0.05, 0) is 80.9 Å². The molecule has 0 bridgehead atoms. The van der Waals surface area contributed by atoms with Crippen molar-refractivity contribution in [3.05, 3.63) is 42.1 Å². The maximum Gasteiger partial charge on any atom is 0.446 e. The molecule has 12 heteroatoms. The van der Waals surface area contributed by atoms with Crippen LogP contribution in [0.3, 0.4) is 0 Å². The second-order valence-electron chi connectivity index (χ2n) is 10.1. The molecule has 0 radical (unpaired) electrons. The van der Waals surface area contributed by atoms with E-state index in [1.54, 1.807) is 0 Å². The molecule has 0 spiro atoms. The number of thioether (sulfide) groups is 1. The number of carbonyl (C=O) groups is 1. The second kappa shape index (κ2) is 16.7. The number of benzene rings is 1. The van der Waals surface area contributed by atoms with Crippen molar-refractivity contribution in [2.45, 2.75) is 49.4 Å². The predicted molar refractivity (Wildman–Crippen MR) is 159 cm³/mol. The third-order valence-electron chi connectivity index (χ3n) is 7.18. The first kappa shape index (κ1) is 32.8. The van der Waals surface area contributed by atoms with Crippen molar-refractivity contribution in [2.24, 2.45) is 4.99 Å². The Morgan fingerprint density at radius 2 is 2.05 bits per heavy atom. The molecule has 1 amide bonds. The minimum atomic E-state index is -4.45. The summed E-state index contributed by atoms with van der Waals surface area (Å²) >= 11 is -0.188. The van der Waals surface area contributed by atoms with Crippen molar-refractivity contribution in [1.29, 1.82) is 0 Å². The molecule has 2 aliphatic heterocycles. The zero-order valence-electron chi connectivity index (χ0n) is 23.8. The van der Waals surface area contributed by atoms with E-state index in [1.807, 2.05) is 11.8 Å². The third kappa shape index (κ3) is 11.6. The second-order valence-corrected chi connectivity index (χ2v) is 11.3. The van der Waals surface area contributed by atoms with Gasteiger partial charge >= 0.3 is 5.51 Å². The van der Waals surface area contributed by atoms with Crippen molar-refractivity contribution in [2.75, 3.05) is 70.4 Å². The molecule has 0 aromatic heterocycles. The summed E-state index contributed by atoms with van der Waals surface area (Å²) in [5, 5.41) is 12.9. The number of aromatic hydroxyl groups is 1. The number of halogens is 3. The first-order chi connectivity index (χ1) is 19.7. The van der Waals surface area contributed by atoms with E-state index in [1.165, 1.54) is 49.9 Å². The number of anilines is 1. The summed E-state index contributed by atoms with van der Waals surface area (Å²) in [5.74, 6) is -0.322. The molecule has 0 saturated carbocycles. The van der Waals surface area contributed by atoms with Gasteiger partial charge < -0.3 is 25.0 Å². The Labute approximate surface area is 245 Å². The number of hydrogen-bond donors (Lipinski definition) is 2. The average Bonchev–Trinajstić information content (AvgIpc) is 2.95. The Balaban J connectivity index is 1.72. The van der Waals surface area contributed by atoms with Crippen LogP contribution in [0.15, 0.2) is 52.0 Å². The van der Waals surface area contributed by atoms with Gasteiger partial charge in [-0.25, -0.2) is 4.99 Å². The molecular formula is C29H42F3N5O3S. The van der Waals surface area contributed by atoms with Gasteiger partial charge in [0.2, 0.25) is 5.91 Å². The monoisotopic (exact) mass is 597 g/mol. The van der Waals surface area contributed by atoms with Gasteiger partial charge in [-0.1, -0.05) is 19.9 Å². The highest BCUT2D eigenvalue weighted by Gasteiger charge is 2.32.